The van der Waals surface area contributed by atoms with Crippen molar-refractivity contribution in [1.29, 1.82) is 0 Å². The average Bonchev–Trinajstić information content (AvgIpc) is 2.83. The Morgan fingerprint density at radius 1 is 1.48 bits per heavy atom. The van der Waals surface area contributed by atoms with Crippen LogP contribution in [0.3, 0.4) is 0 Å². The molecule has 0 aliphatic carbocycles. The molecule has 0 bridgehead atoms. The van der Waals surface area contributed by atoms with Gasteiger partial charge in [0.15, 0.2) is 0 Å². The van der Waals surface area contributed by atoms with Gasteiger partial charge >= 0.3 is 0 Å². The summed E-state index contributed by atoms with van der Waals surface area (Å²) in [5.74, 6) is 0.379. The lowest BCUT2D eigenvalue weighted by Gasteiger charge is -2.11. The lowest BCUT2D eigenvalue weighted by Crippen LogP contribution is -2.26. The molecule has 4 nitrogen and oxygen atoms in total. The van der Waals surface area contributed by atoms with Crippen LogP contribution in [0, 0.1) is 5.92 Å². The average molecular weight is 391 g/mol. The van der Waals surface area contributed by atoms with Crippen LogP contribution in [0.5, 0.6) is 0 Å². The molecule has 2 aromatic heterocycles. The third-order valence-corrected chi connectivity index (χ3v) is 4.90. The van der Waals surface area contributed by atoms with E-state index in [1.165, 1.54) is 9.56 Å². The first kappa shape index (κ1) is 16.5. The Hall–Kier alpha value is -0.850. The second kappa shape index (κ2) is 7.42. The fourth-order valence-corrected chi connectivity index (χ4v) is 3.40. The van der Waals surface area contributed by atoms with Crippen molar-refractivity contribution >= 4 is 44.6 Å². The Balaban J connectivity index is 2.00. The molecule has 0 spiro atoms. The monoisotopic (exact) mass is 389 g/mol. The van der Waals surface area contributed by atoms with Crippen LogP contribution >= 0.6 is 38.9 Å². The molecule has 1 N–H and O–H groups in total. The third kappa shape index (κ3) is 4.56. The summed E-state index contributed by atoms with van der Waals surface area (Å²) in [5.41, 5.74) is 0.621. The summed E-state index contributed by atoms with van der Waals surface area (Å²) in [5, 5.41) is 7.44. The van der Waals surface area contributed by atoms with Crippen LogP contribution < -0.4 is 10.9 Å². The first-order chi connectivity index (χ1) is 9.97. The Kier molecular flexibility index (Phi) is 5.84. The number of hydrogen-bond donors (Lipinski definition) is 1. The molecular formula is C14H17BrClN3OS. The van der Waals surface area contributed by atoms with Gasteiger partial charge in [0.05, 0.1) is 16.2 Å². The van der Waals surface area contributed by atoms with Crippen molar-refractivity contribution in [3.8, 4) is 0 Å². The van der Waals surface area contributed by atoms with Crippen LogP contribution in [0.15, 0.2) is 27.6 Å². The molecule has 114 valence electrons. The van der Waals surface area contributed by atoms with Crippen LogP contribution in [0.25, 0.3) is 0 Å². The minimum absolute atomic E-state index is 0.104. The molecule has 0 radical (unpaired) electrons. The van der Waals surface area contributed by atoms with Crippen molar-refractivity contribution in [2.45, 2.75) is 26.8 Å². The summed E-state index contributed by atoms with van der Waals surface area (Å²) in [6.07, 6.45) is 2.55. The molecule has 0 unspecified atom stereocenters. The summed E-state index contributed by atoms with van der Waals surface area (Å²) in [6, 6.07) is 3.91. The quantitative estimate of drug-likeness (QED) is 0.810. The van der Waals surface area contributed by atoms with Crippen molar-refractivity contribution in [2.24, 2.45) is 5.92 Å². The maximum atomic E-state index is 12.2. The van der Waals surface area contributed by atoms with E-state index in [4.69, 9.17) is 11.6 Å². The SMILES string of the molecule is CC(C)Cn1ncc(NCCc2ccc(Cl)s2)c(Br)c1=O. The topological polar surface area (TPSA) is 46.9 Å². The number of nitrogens with zero attached hydrogens (tertiary/aromatic N) is 2. The van der Waals surface area contributed by atoms with Gasteiger partial charge in [-0.1, -0.05) is 25.4 Å². The number of thiophene rings is 1. The Labute approximate surface area is 141 Å². The fourth-order valence-electron chi connectivity index (χ4n) is 1.87. The minimum atomic E-state index is -0.104. The summed E-state index contributed by atoms with van der Waals surface area (Å²) in [7, 11) is 0. The number of anilines is 1. The Morgan fingerprint density at radius 3 is 2.86 bits per heavy atom. The Morgan fingerprint density at radius 2 is 2.24 bits per heavy atom. The van der Waals surface area contributed by atoms with Crippen molar-refractivity contribution < 1.29 is 0 Å². The van der Waals surface area contributed by atoms with Crippen LogP contribution in [0.4, 0.5) is 5.69 Å². The normalized spacial score (nSPS) is 11.1. The molecule has 2 rings (SSSR count). The molecule has 0 aliphatic rings. The molecule has 7 heteroatoms. The molecule has 0 aliphatic heterocycles. The first-order valence-electron chi connectivity index (χ1n) is 6.71. The first-order valence-corrected chi connectivity index (χ1v) is 8.70. The number of nitrogens with one attached hydrogen (secondary N) is 1. The third-order valence-electron chi connectivity index (χ3n) is 2.84. The van der Waals surface area contributed by atoms with Gasteiger partial charge in [0.1, 0.15) is 4.47 Å². The van der Waals surface area contributed by atoms with Gasteiger partial charge in [-0.15, -0.1) is 11.3 Å². The summed E-state index contributed by atoms with van der Waals surface area (Å²) in [6.45, 7) is 5.46. The van der Waals surface area contributed by atoms with Gasteiger partial charge in [-0.3, -0.25) is 4.79 Å². The largest absolute Gasteiger partial charge is 0.382 e. The zero-order valence-electron chi connectivity index (χ0n) is 11.9. The van der Waals surface area contributed by atoms with E-state index in [9.17, 15) is 4.79 Å². The highest BCUT2D eigenvalue weighted by Crippen LogP contribution is 2.22. The molecule has 0 aromatic carbocycles. The molecule has 0 atom stereocenters. The fraction of sp³-hybridized carbons (Fsp3) is 0.429. The van der Waals surface area contributed by atoms with E-state index in [1.807, 2.05) is 12.1 Å². The molecule has 0 fully saturated rings. The molecule has 0 amide bonds. The van der Waals surface area contributed by atoms with Gasteiger partial charge in [0.2, 0.25) is 0 Å². The van der Waals surface area contributed by atoms with Gasteiger partial charge in [-0.2, -0.15) is 5.10 Å². The molecule has 2 heterocycles. The Bertz CT molecular complexity index is 668. The van der Waals surface area contributed by atoms with Crippen molar-refractivity contribution in [2.75, 3.05) is 11.9 Å². The van der Waals surface area contributed by atoms with E-state index in [0.717, 1.165) is 23.0 Å². The van der Waals surface area contributed by atoms with Gasteiger partial charge in [-0.25, -0.2) is 4.68 Å². The second-order valence-corrected chi connectivity index (χ2v) is 7.73. The summed E-state index contributed by atoms with van der Waals surface area (Å²) < 4.78 is 2.81. The number of halogens is 2. The summed E-state index contributed by atoms with van der Waals surface area (Å²) >= 11 is 10.8. The minimum Gasteiger partial charge on any atom is -0.382 e. The molecule has 21 heavy (non-hydrogen) atoms. The van der Waals surface area contributed by atoms with E-state index in [1.54, 1.807) is 17.5 Å². The van der Waals surface area contributed by atoms with Gasteiger partial charge in [-0.05, 0) is 40.4 Å². The predicted molar refractivity (Wildman–Crippen MR) is 92.6 cm³/mol. The molecule has 0 saturated carbocycles. The zero-order valence-corrected chi connectivity index (χ0v) is 15.1. The van der Waals surface area contributed by atoms with E-state index in [0.29, 0.717) is 16.9 Å². The van der Waals surface area contributed by atoms with E-state index in [-0.39, 0.29) is 5.56 Å². The molecular weight excluding hydrogens is 374 g/mol. The van der Waals surface area contributed by atoms with Crippen molar-refractivity contribution in [3.05, 3.63) is 42.4 Å². The number of hydrogen-bond acceptors (Lipinski definition) is 4. The van der Waals surface area contributed by atoms with E-state index >= 15 is 0 Å². The second-order valence-electron chi connectivity index (χ2n) is 5.14. The highest BCUT2D eigenvalue weighted by atomic mass is 79.9. The highest BCUT2D eigenvalue weighted by molar-refractivity contribution is 9.10. The maximum absolute atomic E-state index is 12.2. The number of aromatic nitrogens is 2. The van der Waals surface area contributed by atoms with Crippen LogP contribution in [-0.4, -0.2) is 16.3 Å². The standard InChI is InChI=1S/C14H17BrClN3OS/c1-9(2)8-19-14(20)13(15)11(7-18-19)17-6-5-10-3-4-12(16)21-10/h3-4,7,9,17H,5-6,8H2,1-2H3. The highest BCUT2D eigenvalue weighted by Gasteiger charge is 2.09. The van der Waals surface area contributed by atoms with Crippen LogP contribution in [0.2, 0.25) is 4.34 Å². The van der Waals surface area contributed by atoms with Crippen LogP contribution in [0.1, 0.15) is 18.7 Å². The van der Waals surface area contributed by atoms with E-state index in [2.05, 4.69) is 40.2 Å². The molecule has 2 aromatic rings. The van der Waals surface area contributed by atoms with E-state index < -0.39 is 0 Å². The zero-order chi connectivity index (χ0) is 15.4. The van der Waals surface area contributed by atoms with Crippen molar-refractivity contribution in [1.82, 2.24) is 9.78 Å². The van der Waals surface area contributed by atoms with Gasteiger partial charge in [0.25, 0.3) is 5.56 Å². The molecule has 0 saturated heterocycles. The number of rotatable bonds is 6. The lowest BCUT2D eigenvalue weighted by atomic mass is 10.2. The maximum Gasteiger partial charge on any atom is 0.283 e. The van der Waals surface area contributed by atoms with Crippen molar-refractivity contribution in [3.63, 3.8) is 0 Å². The van der Waals surface area contributed by atoms with Gasteiger partial charge < -0.3 is 5.32 Å². The lowest BCUT2D eigenvalue weighted by molar-refractivity contribution is 0.462. The predicted octanol–water partition coefficient (Wildman–Crippen LogP) is 4.03. The van der Waals surface area contributed by atoms with Crippen LogP contribution in [-0.2, 0) is 13.0 Å². The van der Waals surface area contributed by atoms with Gasteiger partial charge in [0, 0.05) is 18.0 Å². The summed E-state index contributed by atoms with van der Waals surface area (Å²) in [4.78, 5) is 13.4. The smallest absolute Gasteiger partial charge is 0.283 e.